The molecule has 0 unspecified atom stereocenters. The number of hydrogen-bond donors (Lipinski definition) is 0. The van der Waals surface area contributed by atoms with E-state index in [-0.39, 0.29) is 39.8 Å². The van der Waals surface area contributed by atoms with Gasteiger partial charge in [0.25, 0.3) is 5.69 Å². The van der Waals surface area contributed by atoms with Gasteiger partial charge < -0.3 is 4.74 Å². The van der Waals surface area contributed by atoms with Crippen molar-refractivity contribution in [1.82, 2.24) is 4.57 Å². The van der Waals surface area contributed by atoms with Crippen LogP contribution in [0.3, 0.4) is 0 Å². The molecule has 4 aromatic rings. The zero-order chi connectivity index (χ0) is 21.0. The highest BCUT2D eigenvalue weighted by molar-refractivity contribution is 6.32. The van der Waals surface area contributed by atoms with E-state index in [9.17, 15) is 19.7 Å². The van der Waals surface area contributed by atoms with Gasteiger partial charge in [-0.3, -0.25) is 24.3 Å². The molecule has 7 nitrogen and oxygen atoms in total. The van der Waals surface area contributed by atoms with Crippen LogP contribution in [0.2, 0.25) is 0 Å². The number of fused-ring (bicyclic) bond motifs is 4. The number of rotatable bonds is 3. The van der Waals surface area contributed by atoms with Crippen LogP contribution in [-0.2, 0) is 0 Å². The van der Waals surface area contributed by atoms with Crippen LogP contribution in [0.1, 0.15) is 32.0 Å². The molecule has 0 bridgehead atoms. The molecule has 0 saturated carbocycles. The van der Waals surface area contributed by atoms with Crippen LogP contribution in [-0.4, -0.2) is 28.2 Å². The van der Waals surface area contributed by atoms with Crippen molar-refractivity contribution in [3.63, 3.8) is 0 Å². The Bertz CT molecular complexity index is 1400. The van der Waals surface area contributed by atoms with Crippen molar-refractivity contribution in [1.29, 1.82) is 0 Å². The fourth-order valence-electron chi connectivity index (χ4n) is 4.04. The Morgan fingerprint density at radius 2 is 1.57 bits per heavy atom. The first kappa shape index (κ1) is 17.8. The second-order valence-corrected chi connectivity index (χ2v) is 6.89. The van der Waals surface area contributed by atoms with Crippen molar-refractivity contribution in [3.8, 4) is 11.4 Å². The lowest BCUT2D eigenvalue weighted by Crippen LogP contribution is -2.22. The van der Waals surface area contributed by atoms with Crippen molar-refractivity contribution < 1.29 is 19.2 Å². The van der Waals surface area contributed by atoms with Crippen LogP contribution in [0.4, 0.5) is 5.69 Å². The van der Waals surface area contributed by atoms with Gasteiger partial charge in [0.1, 0.15) is 17.1 Å². The number of nitro benzene ring substituents is 1. The Morgan fingerprint density at radius 3 is 2.27 bits per heavy atom. The van der Waals surface area contributed by atoms with E-state index in [1.165, 1.54) is 23.8 Å². The Kier molecular flexibility index (Phi) is 3.79. The van der Waals surface area contributed by atoms with Crippen LogP contribution in [0, 0.1) is 10.1 Å². The average molecular weight is 398 g/mol. The van der Waals surface area contributed by atoms with Crippen molar-refractivity contribution in [3.05, 3.63) is 99.2 Å². The molecule has 7 heteroatoms. The molecule has 0 spiro atoms. The molecule has 0 amide bonds. The van der Waals surface area contributed by atoms with Gasteiger partial charge in [0, 0.05) is 16.5 Å². The number of methoxy groups -OCH3 is 1. The predicted molar refractivity (Wildman–Crippen MR) is 110 cm³/mol. The number of carbonyl (C=O) groups is 2. The lowest BCUT2D eigenvalue weighted by molar-refractivity contribution is -0.384. The number of hydrogen-bond acceptors (Lipinski definition) is 5. The molecule has 1 aromatic heterocycles. The number of ether oxygens (including phenoxy) is 1. The second kappa shape index (κ2) is 6.38. The van der Waals surface area contributed by atoms with Gasteiger partial charge in [-0.25, -0.2) is 0 Å². The Balaban J connectivity index is 1.92. The number of carbonyl (C=O) groups excluding carboxylic acids is 2. The molecule has 1 heterocycles. The van der Waals surface area contributed by atoms with E-state index >= 15 is 0 Å². The molecule has 0 aliphatic heterocycles. The molecule has 0 radical (unpaired) electrons. The third-order valence-corrected chi connectivity index (χ3v) is 5.35. The quantitative estimate of drug-likeness (QED) is 0.333. The lowest BCUT2D eigenvalue weighted by atomic mass is 9.87. The van der Waals surface area contributed by atoms with Gasteiger partial charge >= 0.3 is 0 Å². The third-order valence-electron chi connectivity index (χ3n) is 5.35. The summed E-state index contributed by atoms with van der Waals surface area (Å²) in [7, 11) is 1.42. The summed E-state index contributed by atoms with van der Waals surface area (Å²) in [5.74, 6) is -0.295. The summed E-state index contributed by atoms with van der Waals surface area (Å²) in [6.07, 6.45) is 0. The first-order chi connectivity index (χ1) is 14.5. The number of nitro groups is 1. The number of nitrogens with zero attached hydrogens (tertiary/aromatic N) is 2. The fraction of sp³-hybridized carbons (Fsp3) is 0.0435. The average Bonchev–Trinajstić information content (AvgIpc) is 3.12. The Morgan fingerprint density at radius 1 is 0.900 bits per heavy atom. The summed E-state index contributed by atoms with van der Waals surface area (Å²) in [5.41, 5.74) is 1.53. The number of para-hydroxylation sites is 1. The van der Waals surface area contributed by atoms with Gasteiger partial charge in [0.2, 0.25) is 5.78 Å². The SMILES string of the molecule is COc1ccc(-n2c3c(c4ccccc42)C(=O)c2ccccc2C3=O)c([N+](=O)[O-])c1. The van der Waals surface area contributed by atoms with E-state index < -0.39 is 4.92 Å². The highest BCUT2D eigenvalue weighted by Crippen LogP contribution is 2.39. The molecule has 30 heavy (non-hydrogen) atoms. The van der Waals surface area contributed by atoms with E-state index in [1.807, 2.05) is 0 Å². The van der Waals surface area contributed by atoms with Gasteiger partial charge in [-0.05, 0) is 18.2 Å². The van der Waals surface area contributed by atoms with Crippen LogP contribution in [0.5, 0.6) is 5.75 Å². The number of aromatic nitrogens is 1. The minimum atomic E-state index is -0.526. The number of benzene rings is 3. The topological polar surface area (TPSA) is 91.4 Å². The summed E-state index contributed by atoms with van der Waals surface area (Å²) in [4.78, 5) is 38.1. The van der Waals surface area contributed by atoms with Gasteiger partial charge in [0.15, 0.2) is 5.78 Å². The van der Waals surface area contributed by atoms with E-state index in [2.05, 4.69) is 0 Å². The van der Waals surface area contributed by atoms with Crippen LogP contribution < -0.4 is 4.74 Å². The summed E-state index contributed by atoms with van der Waals surface area (Å²) >= 11 is 0. The number of ketones is 2. The fourth-order valence-corrected chi connectivity index (χ4v) is 4.04. The van der Waals surface area contributed by atoms with Crippen molar-refractivity contribution in [2.24, 2.45) is 0 Å². The summed E-state index contributed by atoms with van der Waals surface area (Å²) in [6, 6.07) is 18.1. The summed E-state index contributed by atoms with van der Waals surface area (Å²) in [5, 5.41) is 12.4. The molecule has 146 valence electrons. The largest absolute Gasteiger partial charge is 0.496 e. The van der Waals surface area contributed by atoms with Gasteiger partial charge in [0.05, 0.1) is 29.2 Å². The first-order valence-electron chi connectivity index (χ1n) is 9.17. The van der Waals surface area contributed by atoms with Crippen molar-refractivity contribution in [2.45, 2.75) is 0 Å². The molecule has 3 aromatic carbocycles. The van der Waals surface area contributed by atoms with E-state index in [4.69, 9.17) is 4.74 Å². The van der Waals surface area contributed by atoms with Crippen LogP contribution in [0.25, 0.3) is 16.6 Å². The molecule has 0 atom stereocenters. The highest BCUT2D eigenvalue weighted by atomic mass is 16.6. The van der Waals surface area contributed by atoms with E-state index in [0.717, 1.165) is 0 Å². The zero-order valence-electron chi connectivity index (χ0n) is 15.8. The minimum absolute atomic E-state index is 0.133. The lowest BCUT2D eigenvalue weighted by Gasteiger charge is -2.17. The summed E-state index contributed by atoms with van der Waals surface area (Å²) in [6.45, 7) is 0. The van der Waals surface area contributed by atoms with Crippen LogP contribution >= 0.6 is 0 Å². The minimum Gasteiger partial charge on any atom is -0.496 e. The van der Waals surface area contributed by atoms with Gasteiger partial charge in [-0.15, -0.1) is 0 Å². The third kappa shape index (κ3) is 2.32. The maximum absolute atomic E-state index is 13.5. The van der Waals surface area contributed by atoms with Crippen LogP contribution in [0.15, 0.2) is 66.7 Å². The molecular weight excluding hydrogens is 384 g/mol. The zero-order valence-corrected chi connectivity index (χ0v) is 15.8. The first-order valence-corrected chi connectivity index (χ1v) is 9.17. The summed E-state index contributed by atoms with van der Waals surface area (Å²) < 4.78 is 6.64. The van der Waals surface area contributed by atoms with E-state index in [0.29, 0.717) is 22.2 Å². The normalized spacial score (nSPS) is 12.6. The Hall–Kier alpha value is -4.26. The molecule has 0 saturated heterocycles. The monoisotopic (exact) mass is 398 g/mol. The van der Waals surface area contributed by atoms with Crippen molar-refractivity contribution >= 4 is 28.2 Å². The molecule has 1 aliphatic rings. The standard InChI is InChI=1S/C23H14N2O5/c1-30-13-10-11-18(19(12-13)25(28)29)24-17-9-5-4-8-16(17)20-21(24)23(27)15-7-3-2-6-14(15)22(20)26/h2-12H,1H3. The highest BCUT2D eigenvalue weighted by Gasteiger charge is 2.37. The Labute approximate surface area is 170 Å². The molecule has 1 aliphatic carbocycles. The molecule has 0 N–H and O–H groups in total. The van der Waals surface area contributed by atoms with E-state index in [1.54, 1.807) is 54.6 Å². The second-order valence-electron chi connectivity index (χ2n) is 6.89. The van der Waals surface area contributed by atoms with Gasteiger partial charge in [-0.2, -0.15) is 0 Å². The molecule has 0 fully saturated rings. The maximum Gasteiger partial charge on any atom is 0.296 e. The maximum atomic E-state index is 13.5. The smallest absolute Gasteiger partial charge is 0.296 e. The van der Waals surface area contributed by atoms with Crippen molar-refractivity contribution in [2.75, 3.05) is 7.11 Å². The molecule has 5 rings (SSSR count). The predicted octanol–water partition coefficient (Wildman–Crippen LogP) is 4.32. The molecular formula is C23H14N2O5. The van der Waals surface area contributed by atoms with Gasteiger partial charge in [-0.1, -0.05) is 42.5 Å².